The molecule has 112 valence electrons. The number of carboxylic acids is 1. The van der Waals surface area contributed by atoms with Gasteiger partial charge < -0.3 is 15.3 Å². The topological polar surface area (TPSA) is 111 Å². The molecule has 3 N–H and O–H groups in total. The van der Waals surface area contributed by atoms with Crippen LogP contribution in [0, 0.1) is 5.92 Å². The molecule has 0 aromatic carbocycles. The quantitative estimate of drug-likeness (QED) is 0.654. The summed E-state index contributed by atoms with van der Waals surface area (Å²) in [5.74, 6) is 0.108. The molecule has 0 aliphatic carbocycles. The van der Waals surface area contributed by atoms with Gasteiger partial charge in [-0.25, -0.2) is 9.78 Å². The molecule has 1 atom stereocenters. The molecule has 1 heterocycles. The zero-order valence-electron chi connectivity index (χ0n) is 11.8. The number of urea groups is 1. The Balaban J connectivity index is 2.17. The van der Waals surface area contributed by atoms with Gasteiger partial charge >= 0.3 is 12.0 Å². The summed E-state index contributed by atoms with van der Waals surface area (Å²) in [5.41, 5.74) is 0. The van der Waals surface area contributed by atoms with Crippen LogP contribution in [0.3, 0.4) is 0 Å². The van der Waals surface area contributed by atoms with Crippen LogP contribution in [0.25, 0.3) is 0 Å². The molecular formula is C12H21N5O3. The Labute approximate surface area is 117 Å². The smallest absolute Gasteiger partial charge is 0.317 e. The lowest BCUT2D eigenvalue weighted by Gasteiger charge is -2.17. The first-order chi connectivity index (χ1) is 9.49. The number of amides is 2. The van der Waals surface area contributed by atoms with Gasteiger partial charge in [-0.15, -0.1) is 0 Å². The van der Waals surface area contributed by atoms with Gasteiger partial charge in [0.25, 0.3) is 0 Å². The van der Waals surface area contributed by atoms with E-state index in [4.69, 9.17) is 5.11 Å². The largest absolute Gasteiger partial charge is 0.481 e. The van der Waals surface area contributed by atoms with Crippen molar-refractivity contribution in [3.8, 4) is 0 Å². The second kappa shape index (κ2) is 8.13. The van der Waals surface area contributed by atoms with Gasteiger partial charge in [-0.3, -0.25) is 9.89 Å². The van der Waals surface area contributed by atoms with E-state index in [0.29, 0.717) is 25.3 Å². The van der Waals surface area contributed by atoms with E-state index in [-0.39, 0.29) is 18.4 Å². The fourth-order valence-electron chi connectivity index (χ4n) is 1.68. The highest BCUT2D eigenvalue weighted by atomic mass is 16.4. The van der Waals surface area contributed by atoms with Crippen LogP contribution < -0.4 is 5.32 Å². The minimum Gasteiger partial charge on any atom is -0.481 e. The van der Waals surface area contributed by atoms with Gasteiger partial charge in [0.1, 0.15) is 12.2 Å². The summed E-state index contributed by atoms with van der Waals surface area (Å²) in [6, 6.07) is -0.188. The number of aromatic amines is 1. The van der Waals surface area contributed by atoms with Gasteiger partial charge in [0.05, 0.1) is 6.54 Å². The molecule has 0 aliphatic heterocycles. The number of carbonyl (C=O) groups is 2. The third-order valence-corrected chi connectivity index (χ3v) is 2.96. The molecule has 2 amide bonds. The number of nitrogens with zero attached hydrogens (tertiary/aromatic N) is 3. The van der Waals surface area contributed by atoms with Crippen molar-refractivity contribution < 1.29 is 14.7 Å². The van der Waals surface area contributed by atoms with Crippen molar-refractivity contribution in [2.24, 2.45) is 5.92 Å². The Morgan fingerprint density at radius 3 is 2.85 bits per heavy atom. The third-order valence-electron chi connectivity index (χ3n) is 2.96. The number of carbonyl (C=O) groups excluding carboxylic acids is 1. The second-order valence-electron chi connectivity index (χ2n) is 4.85. The van der Waals surface area contributed by atoms with Crippen LogP contribution >= 0.6 is 0 Å². The van der Waals surface area contributed by atoms with E-state index >= 15 is 0 Å². The summed E-state index contributed by atoms with van der Waals surface area (Å²) in [5, 5.41) is 17.8. The molecule has 0 spiro atoms. The Kier molecular flexibility index (Phi) is 6.48. The van der Waals surface area contributed by atoms with Crippen molar-refractivity contribution in [3.63, 3.8) is 0 Å². The summed E-state index contributed by atoms with van der Waals surface area (Å²) in [6.45, 7) is 2.87. The molecule has 0 saturated heterocycles. The predicted octanol–water partition coefficient (Wildman–Crippen LogP) is 0.837. The monoisotopic (exact) mass is 283 g/mol. The summed E-state index contributed by atoms with van der Waals surface area (Å²) < 4.78 is 0. The standard InChI is InChI=1S/C12H21N5O3/c1-9(3-4-11(18)19)5-6-13-12(20)17(2)7-10-14-8-15-16-10/h8-9H,3-7H2,1-2H3,(H,13,20)(H,18,19)(H,14,15,16). The van der Waals surface area contributed by atoms with E-state index in [1.54, 1.807) is 7.05 Å². The molecule has 1 rings (SSSR count). The van der Waals surface area contributed by atoms with Crippen molar-refractivity contribution in [1.82, 2.24) is 25.4 Å². The van der Waals surface area contributed by atoms with Gasteiger partial charge in [0, 0.05) is 20.0 Å². The van der Waals surface area contributed by atoms with Crippen molar-refractivity contribution in [2.75, 3.05) is 13.6 Å². The van der Waals surface area contributed by atoms with E-state index in [2.05, 4.69) is 20.5 Å². The van der Waals surface area contributed by atoms with E-state index < -0.39 is 5.97 Å². The highest BCUT2D eigenvalue weighted by Gasteiger charge is 2.11. The van der Waals surface area contributed by atoms with Crippen molar-refractivity contribution in [1.29, 1.82) is 0 Å². The fourth-order valence-corrected chi connectivity index (χ4v) is 1.68. The first kappa shape index (κ1) is 15.9. The SMILES string of the molecule is CC(CCNC(=O)N(C)Cc1ncn[nH]1)CCC(=O)O. The average molecular weight is 283 g/mol. The third kappa shape index (κ3) is 6.17. The van der Waals surface area contributed by atoms with Crippen molar-refractivity contribution >= 4 is 12.0 Å². The van der Waals surface area contributed by atoms with Crippen LogP contribution in [0.5, 0.6) is 0 Å². The maximum absolute atomic E-state index is 11.8. The molecule has 0 bridgehead atoms. The first-order valence-electron chi connectivity index (χ1n) is 6.54. The Hall–Kier alpha value is -2.12. The molecule has 1 aromatic heterocycles. The Morgan fingerprint density at radius 1 is 1.50 bits per heavy atom. The Morgan fingerprint density at radius 2 is 2.25 bits per heavy atom. The first-order valence-corrected chi connectivity index (χ1v) is 6.54. The number of carboxylic acid groups (broad SMARTS) is 1. The predicted molar refractivity (Wildman–Crippen MR) is 71.9 cm³/mol. The molecular weight excluding hydrogens is 262 g/mol. The lowest BCUT2D eigenvalue weighted by molar-refractivity contribution is -0.137. The Bertz CT molecular complexity index is 421. The molecule has 0 radical (unpaired) electrons. The number of H-pyrrole nitrogens is 1. The molecule has 20 heavy (non-hydrogen) atoms. The van der Waals surface area contributed by atoms with Crippen LogP contribution in [0.2, 0.25) is 0 Å². The van der Waals surface area contributed by atoms with E-state index in [1.165, 1.54) is 11.2 Å². The molecule has 8 heteroatoms. The zero-order chi connectivity index (χ0) is 15.0. The number of nitrogens with one attached hydrogen (secondary N) is 2. The van der Waals surface area contributed by atoms with E-state index in [0.717, 1.165) is 6.42 Å². The maximum atomic E-state index is 11.8. The minimum absolute atomic E-state index is 0.167. The summed E-state index contributed by atoms with van der Waals surface area (Å²) in [7, 11) is 1.67. The van der Waals surface area contributed by atoms with Crippen LogP contribution in [0.4, 0.5) is 4.79 Å². The van der Waals surface area contributed by atoms with Gasteiger partial charge in [0.2, 0.25) is 0 Å². The van der Waals surface area contributed by atoms with Crippen LogP contribution in [-0.2, 0) is 11.3 Å². The van der Waals surface area contributed by atoms with E-state index in [1.807, 2.05) is 6.92 Å². The van der Waals surface area contributed by atoms with Crippen molar-refractivity contribution in [3.05, 3.63) is 12.2 Å². The lowest BCUT2D eigenvalue weighted by Crippen LogP contribution is -2.37. The molecule has 8 nitrogen and oxygen atoms in total. The number of aromatic nitrogens is 3. The maximum Gasteiger partial charge on any atom is 0.317 e. The van der Waals surface area contributed by atoms with Gasteiger partial charge in [-0.2, -0.15) is 5.10 Å². The number of hydrogen-bond acceptors (Lipinski definition) is 4. The molecule has 1 aromatic rings. The van der Waals surface area contributed by atoms with Crippen LogP contribution in [0.15, 0.2) is 6.33 Å². The molecule has 0 aliphatic rings. The van der Waals surface area contributed by atoms with Gasteiger partial charge in [-0.1, -0.05) is 6.92 Å². The van der Waals surface area contributed by atoms with Gasteiger partial charge in [0.15, 0.2) is 0 Å². The lowest BCUT2D eigenvalue weighted by atomic mass is 10.0. The number of rotatable bonds is 8. The number of aliphatic carboxylic acids is 1. The normalized spacial score (nSPS) is 11.9. The molecule has 1 unspecified atom stereocenters. The van der Waals surface area contributed by atoms with Gasteiger partial charge in [-0.05, 0) is 18.8 Å². The van der Waals surface area contributed by atoms with E-state index in [9.17, 15) is 9.59 Å². The summed E-state index contributed by atoms with van der Waals surface area (Å²) in [4.78, 5) is 27.7. The van der Waals surface area contributed by atoms with Crippen LogP contribution in [-0.4, -0.2) is 50.8 Å². The zero-order valence-corrected chi connectivity index (χ0v) is 11.8. The fraction of sp³-hybridized carbons (Fsp3) is 0.667. The summed E-state index contributed by atoms with van der Waals surface area (Å²) in [6.07, 6.45) is 2.94. The van der Waals surface area contributed by atoms with Crippen molar-refractivity contribution in [2.45, 2.75) is 32.7 Å². The summed E-state index contributed by atoms with van der Waals surface area (Å²) >= 11 is 0. The second-order valence-corrected chi connectivity index (χ2v) is 4.85. The highest BCUT2D eigenvalue weighted by molar-refractivity contribution is 5.73. The highest BCUT2D eigenvalue weighted by Crippen LogP contribution is 2.09. The number of hydrogen-bond donors (Lipinski definition) is 3. The average Bonchev–Trinajstić information content (AvgIpc) is 2.89. The minimum atomic E-state index is -0.785. The molecule has 0 saturated carbocycles. The van der Waals surface area contributed by atoms with Crippen LogP contribution in [0.1, 0.15) is 32.0 Å². The molecule has 0 fully saturated rings.